The number of carbonyl (C=O) groups excluding carboxylic acids is 1. The molecule has 7 heteroatoms. The third-order valence-electron chi connectivity index (χ3n) is 7.11. The van der Waals surface area contributed by atoms with Crippen LogP contribution in [0.2, 0.25) is 0 Å². The molecule has 3 aliphatic rings. The highest BCUT2D eigenvalue weighted by atomic mass is 32.2. The van der Waals surface area contributed by atoms with Gasteiger partial charge < -0.3 is 14.7 Å². The van der Waals surface area contributed by atoms with E-state index in [1.807, 2.05) is 4.90 Å². The molecule has 2 aromatic carbocycles. The zero-order chi connectivity index (χ0) is 22.1. The zero-order valence-corrected chi connectivity index (χ0v) is 19.1. The summed E-state index contributed by atoms with van der Waals surface area (Å²) in [6, 6.07) is 12.3. The first-order valence-corrected chi connectivity index (χ1v) is 12.4. The van der Waals surface area contributed by atoms with Crippen LogP contribution in [0.3, 0.4) is 0 Å². The molecule has 0 unspecified atom stereocenters. The molecule has 0 saturated carbocycles. The molecular weight excluding hydrogens is 428 g/mol. The first kappa shape index (κ1) is 21.7. The van der Waals surface area contributed by atoms with E-state index < -0.39 is 11.6 Å². The number of halogens is 2. The van der Waals surface area contributed by atoms with Crippen molar-refractivity contribution in [2.75, 3.05) is 50.7 Å². The zero-order valence-electron chi connectivity index (χ0n) is 18.2. The topological polar surface area (TPSA) is 26.8 Å². The summed E-state index contributed by atoms with van der Waals surface area (Å²) >= 11 is 2.11. The van der Waals surface area contributed by atoms with Crippen molar-refractivity contribution < 1.29 is 13.6 Å². The average Bonchev–Trinajstić information content (AvgIpc) is 3.14. The Kier molecular flexibility index (Phi) is 6.12. The van der Waals surface area contributed by atoms with E-state index >= 15 is 0 Å². The van der Waals surface area contributed by atoms with E-state index in [4.69, 9.17) is 0 Å². The molecule has 1 amide bonds. The van der Waals surface area contributed by atoms with Gasteiger partial charge in [0.15, 0.2) is 0 Å². The van der Waals surface area contributed by atoms with E-state index in [9.17, 15) is 13.6 Å². The largest absolute Gasteiger partial charge is 0.360 e. The molecule has 32 heavy (non-hydrogen) atoms. The van der Waals surface area contributed by atoms with Gasteiger partial charge in [0.2, 0.25) is 5.91 Å². The molecule has 3 heterocycles. The van der Waals surface area contributed by atoms with Gasteiger partial charge in [-0.25, -0.2) is 8.78 Å². The fraction of sp³-hybridized carbons (Fsp3) is 0.480. The predicted molar refractivity (Wildman–Crippen MR) is 125 cm³/mol. The minimum absolute atomic E-state index is 0.0254. The third kappa shape index (κ3) is 4.37. The van der Waals surface area contributed by atoms with E-state index in [1.165, 1.54) is 30.5 Å². The molecule has 0 N–H and O–H groups in total. The number of amides is 1. The first-order chi connectivity index (χ1) is 15.5. The molecule has 170 valence electrons. The fourth-order valence-electron chi connectivity index (χ4n) is 5.31. The Bertz CT molecular complexity index is 973. The van der Waals surface area contributed by atoms with Crippen LogP contribution in [-0.4, -0.2) is 61.5 Å². The number of fused-ring (bicyclic) bond motifs is 2. The molecule has 4 nitrogen and oxygen atoms in total. The van der Waals surface area contributed by atoms with Gasteiger partial charge in [0.1, 0.15) is 11.6 Å². The minimum atomic E-state index is -0.613. The second kappa shape index (κ2) is 9.02. The van der Waals surface area contributed by atoms with Crippen LogP contribution < -0.4 is 4.90 Å². The van der Waals surface area contributed by atoms with Crippen LogP contribution in [0.1, 0.15) is 30.4 Å². The van der Waals surface area contributed by atoms with Crippen molar-refractivity contribution in [3.8, 4) is 0 Å². The first-order valence-electron chi connectivity index (χ1n) is 11.5. The number of anilines is 1. The number of benzene rings is 2. The quantitative estimate of drug-likeness (QED) is 0.671. The molecule has 2 fully saturated rings. The van der Waals surface area contributed by atoms with Crippen molar-refractivity contribution in [2.24, 2.45) is 0 Å². The van der Waals surface area contributed by atoms with E-state index in [2.05, 4.69) is 40.9 Å². The van der Waals surface area contributed by atoms with Gasteiger partial charge in [-0.3, -0.25) is 4.79 Å². The second-order valence-corrected chi connectivity index (χ2v) is 10.4. The molecule has 3 aliphatic heterocycles. The summed E-state index contributed by atoms with van der Waals surface area (Å²) in [7, 11) is 0. The maximum atomic E-state index is 13.5. The number of hydrogen-bond donors (Lipinski definition) is 0. The van der Waals surface area contributed by atoms with Gasteiger partial charge in [0, 0.05) is 41.9 Å². The van der Waals surface area contributed by atoms with Gasteiger partial charge in [-0.05, 0) is 62.2 Å². The standard InChI is InChI=1S/C25H29F2N3OS/c26-20-14-21(27)16-22(15-20)30-13-12-29(24(31)17-30)9-3-8-28-10-6-25(7-11-28)23-5-2-1-4-19(23)18-32-25/h1-2,4-5,14-16H,3,6-13,17-18H2. The summed E-state index contributed by atoms with van der Waals surface area (Å²) in [5, 5.41) is 0. The van der Waals surface area contributed by atoms with Gasteiger partial charge in [-0.15, -0.1) is 11.8 Å². The number of piperidine rings is 1. The highest BCUT2D eigenvalue weighted by molar-refractivity contribution is 7.99. The monoisotopic (exact) mass is 457 g/mol. The molecule has 0 bridgehead atoms. The number of carbonyl (C=O) groups is 1. The van der Waals surface area contributed by atoms with E-state index in [0.29, 0.717) is 23.5 Å². The average molecular weight is 458 g/mol. The van der Waals surface area contributed by atoms with Gasteiger partial charge in [0.25, 0.3) is 0 Å². The number of hydrogen-bond acceptors (Lipinski definition) is 4. The third-order valence-corrected chi connectivity index (χ3v) is 8.75. The lowest BCUT2D eigenvalue weighted by Crippen LogP contribution is -2.51. The number of nitrogens with zero attached hydrogens (tertiary/aromatic N) is 3. The lowest BCUT2D eigenvalue weighted by molar-refractivity contribution is -0.131. The Morgan fingerprint density at radius 2 is 1.69 bits per heavy atom. The smallest absolute Gasteiger partial charge is 0.242 e. The molecule has 2 saturated heterocycles. The number of likely N-dealkylation sites (tertiary alicyclic amines) is 1. The lowest BCUT2D eigenvalue weighted by atomic mass is 9.86. The molecule has 0 aliphatic carbocycles. The molecule has 1 spiro atoms. The Hall–Kier alpha value is -2.12. The highest BCUT2D eigenvalue weighted by Gasteiger charge is 2.41. The highest BCUT2D eigenvalue weighted by Crippen LogP contribution is 2.53. The maximum Gasteiger partial charge on any atom is 0.242 e. The summed E-state index contributed by atoms with van der Waals surface area (Å²) in [5.41, 5.74) is 3.49. The Morgan fingerprint density at radius 1 is 0.938 bits per heavy atom. The number of rotatable bonds is 5. The minimum Gasteiger partial charge on any atom is -0.360 e. The van der Waals surface area contributed by atoms with Crippen molar-refractivity contribution in [2.45, 2.75) is 29.8 Å². The van der Waals surface area contributed by atoms with E-state index in [0.717, 1.165) is 44.4 Å². The van der Waals surface area contributed by atoms with Crippen molar-refractivity contribution >= 4 is 23.4 Å². The van der Waals surface area contributed by atoms with Crippen LogP contribution in [0.15, 0.2) is 42.5 Å². The van der Waals surface area contributed by atoms with Crippen molar-refractivity contribution in [3.63, 3.8) is 0 Å². The summed E-state index contributed by atoms with van der Waals surface area (Å²) < 4.78 is 27.3. The van der Waals surface area contributed by atoms with E-state index in [-0.39, 0.29) is 12.5 Å². The molecule has 2 aromatic rings. The van der Waals surface area contributed by atoms with Crippen molar-refractivity contribution in [1.82, 2.24) is 9.80 Å². The van der Waals surface area contributed by atoms with Gasteiger partial charge in [-0.1, -0.05) is 24.3 Å². The lowest BCUT2D eigenvalue weighted by Gasteiger charge is -2.40. The summed E-state index contributed by atoms with van der Waals surface area (Å²) in [4.78, 5) is 18.8. The summed E-state index contributed by atoms with van der Waals surface area (Å²) in [6.07, 6.45) is 3.34. The Labute approximate surface area is 192 Å². The fourth-order valence-corrected chi connectivity index (χ4v) is 6.82. The van der Waals surface area contributed by atoms with Crippen LogP contribution in [0.4, 0.5) is 14.5 Å². The van der Waals surface area contributed by atoms with Crippen LogP contribution in [0, 0.1) is 11.6 Å². The molecule has 0 atom stereocenters. The Balaban J connectivity index is 1.08. The van der Waals surface area contributed by atoms with Crippen LogP contribution in [0.25, 0.3) is 0 Å². The van der Waals surface area contributed by atoms with Gasteiger partial charge in [0.05, 0.1) is 6.54 Å². The summed E-state index contributed by atoms with van der Waals surface area (Å²) in [5.74, 6) is -0.0696. The summed E-state index contributed by atoms with van der Waals surface area (Å²) in [6.45, 7) is 5.31. The van der Waals surface area contributed by atoms with Gasteiger partial charge in [-0.2, -0.15) is 0 Å². The maximum absolute atomic E-state index is 13.5. The Morgan fingerprint density at radius 3 is 2.44 bits per heavy atom. The molecule has 0 aromatic heterocycles. The normalized spacial score (nSPS) is 20.8. The van der Waals surface area contributed by atoms with E-state index in [1.54, 1.807) is 10.5 Å². The van der Waals surface area contributed by atoms with Crippen molar-refractivity contribution in [3.05, 3.63) is 65.2 Å². The number of piperazine rings is 1. The van der Waals surface area contributed by atoms with Crippen LogP contribution in [0.5, 0.6) is 0 Å². The second-order valence-electron chi connectivity index (χ2n) is 9.07. The molecular formula is C25H29F2N3OS. The SMILES string of the molecule is O=C1CN(c2cc(F)cc(F)c2)CCN1CCCN1CCC2(CC1)SCc1ccccc12. The molecule has 0 radical (unpaired) electrons. The van der Waals surface area contributed by atoms with Crippen LogP contribution in [-0.2, 0) is 15.3 Å². The van der Waals surface area contributed by atoms with Crippen molar-refractivity contribution in [1.29, 1.82) is 0 Å². The van der Waals surface area contributed by atoms with Crippen LogP contribution >= 0.6 is 11.8 Å². The number of thioether (sulfide) groups is 1. The predicted octanol–water partition coefficient (Wildman–Crippen LogP) is 4.24. The molecule has 5 rings (SSSR count). The van der Waals surface area contributed by atoms with Gasteiger partial charge >= 0.3 is 0 Å².